The van der Waals surface area contributed by atoms with Crippen molar-refractivity contribution in [3.8, 4) is 0 Å². The van der Waals surface area contributed by atoms with Gasteiger partial charge in [0.2, 0.25) is 5.95 Å². The molecule has 0 radical (unpaired) electrons. The monoisotopic (exact) mass is 194 g/mol. The first-order chi connectivity index (χ1) is 6.77. The molecule has 0 amide bonds. The zero-order valence-electron chi connectivity index (χ0n) is 8.61. The fourth-order valence-electron chi connectivity index (χ4n) is 2.08. The predicted octanol–water partition coefficient (Wildman–Crippen LogP) is 0.959. The van der Waals surface area contributed by atoms with Crippen LogP contribution in [0.2, 0.25) is 0 Å². The zero-order valence-corrected chi connectivity index (χ0v) is 8.61. The summed E-state index contributed by atoms with van der Waals surface area (Å²) in [6.07, 6.45) is 7.44. The van der Waals surface area contributed by atoms with E-state index in [1.807, 2.05) is 17.8 Å². The Morgan fingerprint density at radius 3 is 3.07 bits per heavy atom. The van der Waals surface area contributed by atoms with E-state index in [9.17, 15) is 0 Å². The van der Waals surface area contributed by atoms with Crippen molar-refractivity contribution < 1.29 is 0 Å². The maximum absolute atomic E-state index is 5.99. The van der Waals surface area contributed by atoms with Gasteiger partial charge in [-0.1, -0.05) is 6.42 Å². The maximum Gasteiger partial charge on any atom is 0.202 e. The molecule has 1 aliphatic carbocycles. The lowest BCUT2D eigenvalue weighted by molar-refractivity contribution is 0.503. The third kappa shape index (κ3) is 1.90. The van der Waals surface area contributed by atoms with E-state index in [-0.39, 0.29) is 0 Å². The van der Waals surface area contributed by atoms with Crippen LogP contribution in [0.5, 0.6) is 0 Å². The molecule has 4 heteroatoms. The van der Waals surface area contributed by atoms with Crippen molar-refractivity contribution in [1.82, 2.24) is 9.55 Å². The molecule has 2 rings (SSSR count). The lowest BCUT2D eigenvalue weighted by Gasteiger charge is -2.16. The number of anilines is 1. The first-order valence-corrected chi connectivity index (χ1v) is 5.24. The van der Waals surface area contributed by atoms with E-state index < -0.39 is 0 Å². The van der Waals surface area contributed by atoms with Gasteiger partial charge in [0.25, 0.3) is 0 Å². The van der Waals surface area contributed by atoms with Gasteiger partial charge in [-0.15, -0.1) is 0 Å². The Morgan fingerprint density at radius 2 is 2.50 bits per heavy atom. The number of aromatic nitrogens is 2. The van der Waals surface area contributed by atoms with Crippen LogP contribution in [-0.2, 0) is 7.05 Å². The summed E-state index contributed by atoms with van der Waals surface area (Å²) < 4.78 is 1.99. The molecular formula is C10H18N4. The fraction of sp³-hybridized carbons (Fsp3) is 0.700. The van der Waals surface area contributed by atoms with Gasteiger partial charge in [-0.2, -0.15) is 0 Å². The summed E-state index contributed by atoms with van der Waals surface area (Å²) in [6, 6.07) is 0.378. The van der Waals surface area contributed by atoms with Crippen LogP contribution in [0.25, 0.3) is 0 Å². The number of nitrogens with two attached hydrogens (primary N) is 1. The smallest absolute Gasteiger partial charge is 0.202 e. The van der Waals surface area contributed by atoms with Crippen molar-refractivity contribution >= 4 is 5.95 Å². The van der Waals surface area contributed by atoms with Gasteiger partial charge in [0, 0.05) is 32.0 Å². The van der Waals surface area contributed by atoms with Crippen LogP contribution >= 0.6 is 0 Å². The number of nitrogens with zero attached hydrogens (tertiary/aromatic N) is 2. The van der Waals surface area contributed by atoms with E-state index in [0.29, 0.717) is 12.0 Å². The first-order valence-electron chi connectivity index (χ1n) is 5.24. The highest BCUT2D eigenvalue weighted by molar-refractivity contribution is 5.25. The molecule has 2 unspecified atom stereocenters. The molecule has 14 heavy (non-hydrogen) atoms. The number of rotatable bonds is 3. The molecule has 1 fully saturated rings. The van der Waals surface area contributed by atoms with Gasteiger partial charge < -0.3 is 15.6 Å². The molecule has 1 aliphatic rings. The van der Waals surface area contributed by atoms with E-state index in [2.05, 4.69) is 10.3 Å². The molecule has 78 valence electrons. The van der Waals surface area contributed by atoms with Gasteiger partial charge >= 0.3 is 0 Å². The van der Waals surface area contributed by atoms with Crippen molar-refractivity contribution in [1.29, 1.82) is 0 Å². The van der Waals surface area contributed by atoms with Gasteiger partial charge in [0.15, 0.2) is 0 Å². The van der Waals surface area contributed by atoms with Gasteiger partial charge in [0.05, 0.1) is 0 Å². The van der Waals surface area contributed by atoms with Crippen LogP contribution in [0.3, 0.4) is 0 Å². The minimum atomic E-state index is 0.378. The second-order valence-electron chi connectivity index (χ2n) is 4.10. The molecule has 1 heterocycles. The van der Waals surface area contributed by atoms with Gasteiger partial charge in [0.1, 0.15) is 0 Å². The normalized spacial score (nSPS) is 26.7. The summed E-state index contributed by atoms with van der Waals surface area (Å²) in [7, 11) is 1.99. The van der Waals surface area contributed by atoms with E-state index in [1.165, 1.54) is 19.3 Å². The van der Waals surface area contributed by atoms with Crippen LogP contribution in [0.1, 0.15) is 19.3 Å². The second-order valence-corrected chi connectivity index (χ2v) is 4.10. The highest BCUT2D eigenvalue weighted by Gasteiger charge is 2.23. The number of hydrogen-bond acceptors (Lipinski definition) is 3. The number of nitrogens with one attached hydrogen (secondary N) is 1. The van der Waals surface area contributed by atoms with Crippen molar-refractivity contribution in [3.63, 3.8) is 0 Å². The summed E-state index contributed by atoms with van der Waals surface area (Å²) in [5.74, 6) is 1.55. The third-order valence-electron chi connectivity index (χ3n) is 3.06. The topological polar surface area (TPSA) is 55.9 Å². The number of hydrogen-bond donors (Lipinski definition) is 2. The fourth-order valence-corrected chi connectivity index (χ4v) is 2.08. The Labute approximate surface area is 84.5 Å². The van der Waals surface area contributed by atoms with Crippen molar-refractivity contribution in [2.45, 2.75) is 25.3 Å². The highest BCUT2D eigenvalue weighted by Crippen LogP contribution is 2.23. The maximum atomic E-state index is 5.99. The quantitative estimate of drug-likeness (QED) is 0.753. The van der Waals surface area contributed by atoms with Crippen molar-refractivity contribution in [2.24, 2.45) is 18.7 Å². The molecule has 0 spiro atoms. The van der Waals surface area contributed by atoms with E-state index >= 15 is 0 Å². The number of aryl methyl sites for hydroxylation is 1. The molecule has 2 atom stereocenters. The Kier molecular flexibility index (Phi) is 2.72. The Morgan fingerprint density at radius 1 is 1.64 bits per heavy atom. The molecule has 1 aromatic heterocycles. The third-order valence-corrected chi connectivity index (χ3v) is 3.06. The largest absolute Gasteiger partial charge is 0.355 e. The molecule has 0 aromatic carbocycles. The standard InChI is InChI=1S/C10H18N4/c1-14-6-5-12-10(14)13-7-8-3-2-4-9(8)11/h5-6,8-9H,2-4,7,11H2,1H3,(H,12,13). The second kappa shape index (κ2) is 4.00. The lowest BCUT2D eigenvalue weighted by Crippen LogP contribution is -2.30. The Bertz CT molecular complexity index is 294. The van der Waals surface area contributed by atoms with Crippen LogP contribution < -0.4 is 11.1 Å². The predicted molar refractivity (Wildman–Crippen MR) is 57.0 cm³/mol. The van der Waals surface area contributed by atoms with Crippen LogP contribution in [0.15, 0.2) is 12.4 Å². The summed E-state index contributed by atoms with van der Waals surface area (Å²) in [5.41, 5.74) is 5.99. The molecule has 3 N–H and O–H groups in total. The molecule has 0 saturated heterocycles. The van der Waals surface area contributed by atoms with Gasteiger partial charge in [-0.3, -0.25) is 0 Å². The van der Waals surface area contributed by atoms with Crippen molar-refractivity contribution in [2.75, 3.05) is 11.9 Å². The van der Waals surface area contributed by atoms with Crippen LogP contribution in [0, 0.1) is 5.92 Å². The minimum absolute atomic E-state index is 0.378. The van der Waals surface area contributed by atoms with E-state index in [1.54, 1.807) is 6.20 Å². The molecule has 0 aliphatic heterocycles. The minimum Gasteiger partial charge on any atom is -0.355 e. The molecule has 1 aromatic rings. The zero-order chi connectivity index (χ0) is 9.97. The van der Waals surface area contributed by atoms with E-state index in [0.717, 1.165) is 12.5 Å². The Hall–Kier alpha value is -1.03. The average Bonchev–Trinajstić information content (AvgIpc) is 2.72. The molecule has 1 saturated carbocycles. The summed E-state index contributed by atoms with van der Waals surface area (Å²) in [5, 5.41) is 3.34. The summed E-state index contributed by atoms with van der Waals surface area (Å²) in [4.78, 5) is 4.21. The van der Waals surface area contributed by atoms with Crippen LogP contribution in [-0.4, -0.2) is 22.1 Å². The first kappa shape index (κ1) is 9.52. The SMILES string of the molecule is Cn1ccnc1NCC1CCCC1N. The van der Waals surface area contributed by atoms with Crippen molar-refractivity contribution in [3.05, 3.63) is 12.4 Å². The summed E-state index contributed by atoms with van der Waals surface area (Å²) in [6.45, 7) is 0.950. The van der Waals surface area contributed by atoms with Gasteiger partial charge in [-0.25, -0.2) is 4.98 Å². The van der Waals surface area contributed by atoms with E-state index in [4.69, 9.17) is 5.73 Å². The van der Waals surface area contributed by atoms with Gasteiger partial charge in [-0.05, 0) is 18.8 Å². The Balaban J connectivity index is 1.85. The average molecular weight is 194 g/mol. The van der Waals surface area contributed by atoms with Crippen LogP contribution in [0.4, 0.5) is 5.95 Å². The molecule has 0 bridgehead atoms. The molecular weight excluding hydrogens is 176 g/mol. The summed E-state index contributed by atoms with van der Waals surface area (Å²) >= 11 is 0. The highest BCUT2D eigenvalue weighted by atomic mass is 15.2. The molecule has 4 nitrogen and oxygen atoms in total. The lowest BCUT2D eigenvalue weighted by atomic mass is 10.1. The number of imidazole rings is 1.